The Hall–Kier alpha value is -4.45. The second kappa shape index (κ2) is 8.48. The van der Waals surface area contributed by atoms with Crippen LogP contribution in [0.3, 0.4) is 0 Å². The van der Waals surface area contributed by atoms with E-state index >= 15 is 0 Å². The van der Waals surface area contributed by atoms with Crippen molar-refractivity contribution < 1.29 is 4.79 Å². The fraction of sp³-hybridized carbons (Fsp3) is 0.107. The first-order valence-electron chi connectivity index (χ1n) is 11.1. The number of aryl methyl sites for hydroxylation is 1. The number of benzene rings is 3. The predicted octanol–water partition coefficient (Wildman–Crippen LogP) is 4.63. The molecule has 0 saturated carbocycles. The van der Waals surface area contributed by atoms with Gasteiger partial charge in [-0.15, -0.1) is 0 Å². The number of aliphatic imine (C=N–C) groups is 1. The summed E-state index contributed by atoms with van der Waals surface area (Å²) < 4.78 is 3.34. The van der Waals surface area contributed by atoms with Gasteiger partial charge in [-0.05, 0) is 37.6 Å². The maximum Gasteiger partial charge on any atom is 0.296 e. The van der Waals surface area contributed by atoms with E-state index in [1.54, 1.807) is 15.4 Å². The number of hydrogen-bond acceptors (Lipinski definition) is 3. The minimum Gasteiger partial charge on any atom is -0.283 e. The first-order chi connectivity index (χ1) is 16.5. The minimum atomic E-state index is -0.328. The van der Waals surface area contributed by atoms with Crippen LogP contribution in [0.4, 0.5) is 5.69 Å². The molecule has 2 heterocycles. The van der Waals surface area contributed by atoms with Crippen LogP contribution in [0.15, 0.2) is 100 Å². The van der Waals surface area contributed by atoms with Crippen LogP contribution in [0.5, 0.6) is 0 Å². The third-order valence-electron chi connectivity index (χ3n) is 6.02. The molecule has 168 valence electrons. The fourth-order valence-electron chi connectivity index (χ4n) is 4.14. The smallest absolute Gasteiger partial charge is 0.283 e. The summed E-state index contributed by atoms with van der Waals surface area (Å²) in [5, 5.41) is 0. The SMILES string of the molecule is Cc1ccc(/C=C2/N=C(c3ccccc3)N(c3c(C)n(C)n(-c4ccccc4)c3=O)C2=O)cc1. The van der Waals surface area contributed by atoms with Crippen LogP contribution in [0, 0.1) is 13.8 Å². The van der Waals surface area contributed by atoms with Gasteiger partial charge in [-0.1, -0.05) is 78.4 Å². The lowest BCUT2D eigenvalue weighted by Crippen LogP contribution is -2.36. The zero-order valence-electron chi connectivity index (χ0n) is 19.3. The van der Waals surface area contributed by atoms with E-state index in [1.807, 2.05) is 106 Å². The molecule has 0 spiro atoms. The average Bonchev–Trinajstić information content (AvgIpc) is 3.28. The standard InChI is InChI=1S/C28H24N4O2/c1-19-14-16-21(17-15-19)18-24-27(33)31(26(29-24)22-10-6-4-7-11-22)25-20(2)30(3)32(28(25)34)23-12-8-5-9-13-23/h4-18H,1-3H3/b24-18+. The fourth-order valence-corrected chi connectivity index (χ4v) is 4.14. The Kier molecular flexibility index (Phi) is 5.34. The summed E-state index contributed by atoms with van der Waals surface area (Å²) in [6, 6.07) is 26.7. The van der Waals surface area contributed by atoms with Gasteiger partial charge < -0.3 is 0 Å². The van der Waals surface area contributed by atoms with E-state index in [0.717, 1.165) is 22.4 Å². The predicted molar refractivity (Wildman–Crippen MR) is 135 cm³/mol. The highest BCUT2D eigenvalue weighted by atomic mass is 16.2. The second-order valence-electron chi connectivity index (χ2n) is 8.29. The molecule has 0 radical (unpaired) electrons. The van der Waals surface area contributed by atoms with Crippen LogP contribution < -0.4 is 10.5 Å². The number of anilines is 1. The van der Waals surface area contributed by atoms with Crippen molar-refractivity contribution in [1.29, 1.82) is 0 Å². The van der Waals surface area contributed by atoms with Gasteiger partial charge in [0.25, 0.3) is 11.5 Å². The Morgan fingerprint density at radius 2 is 1.41 bits per heavy atom. The van der Waals surface area contributed by atoms with E-state index < -0.39 is 0 Å². The number of nitrogens with zero attached hydrogens (tertiary/aromatic N) is 4. The number of para-hydroxylation sites is 1. The van der Waals surface area contributed by atoms with Crippen molar-refractivity contribution in [1.82, 2.24) is 9.36 Å². The summed E-state index contributed by atoms with van der Waals surface area (Å²) in [5.41, 5.74) is 4.47. The Labute approximate surface area is 197 Å². The van der Waals surface area contributed by atoms with Crippen molar-refractivity contribution in [3.8, 4) is 5.69 Å². The average molecular weight is 449 g/mol. The number of aromatic nitrogens is 2. The minimum absolute atomic E-state index is 0.278. The highest BCUT2D eigenvalue weighted by molar-refractivity contribution is 6.33. The molecular weight excluding hydrogens is 424 g/mol. The molecule has 0 atom stereocenters. The molecule has 34 heavy (non-hydrogen) atoms. The van der Waals surface area contributed by atoms with Gasteiger partial charge in [0.05, 0.1) is 11.4 Å². The quantitative estimate of drug-likeness (QED) is 0.428. The number of amides is 1. The largest absolute Gasteiger partial charge is 0.296 e. The molecule has 0 unspecified atom stereocenters. The normalized spacial score (nSPS) is 14.7. The molecule has 0 saturated heterocycles. The number of amidine groups is 1. The van der Waals surface area contributed by atoms with E-state index in [4.69, 9.17) is 4.99 Å². The molecule has 6 nitrogen and oxygen atoms in total. The summed E-state index contributed by atoms with van der Waals surface area (Å²) in [6.07, 6.45) is 1.76. The Morgan fingerprint density at radius 3 is 2.06 bits per heavy atom. The van der Waals surface area contributed by atoms with Crippen LogP contribution in [0.1, 0.15) is 22.4 Å². The van der Waals surface area contributed by atoms with Crippen molar-refractivity contribution in [2.75, 3.05) is 4.90 Å². The molecule has 1 aliphatic heterocycles. The van der Waals surface area contributed by atoms with Crippen molar-refractivity contribution in [3.05, 3.63) is 123 Å². The lowest BCUT2D eigenvalue weighted by molar-refractivity contribution is -0.113. The molecule has 0 fully saturated rings. The van der Waals surface area contributed by atoms with E-state index in [9.17, 15) is 9.59 Å². The molecule has 1 aliphatic rings. The van der Waals surface area contributed by atoms with Crippen molar-refractivity contribution in [2.24, 2.45) is 12.0 Å². The van der Waals surface area contributed by atoms with E-state index in [2.05, 4.69) is 0 Å². The summed E-state index contributed by atoms with van der Waals surface area (Å²) in [5.74, 6) is 0.111. The van der Waals surface area contributed by atoms with E-state index in [0.29, 0.717) is 17.2 Å². The molecule has 1 amide bonds. The Morgan fingerprint density at radius 1 is 0.794 bits per heavy atom. The monoisotopic (exact) mass is 448 g/mol. The summed E-state index contributed by atoms with van der Waals surface area (Å²) in [6.45, 7) is 3.86. The molecular formula is C28H24N4O2. The second-order valence-corrected chi connectivity index (χ2v) is 8.29. The number of carbonyl (C=O) groups is 1. The van der Waals surface area contributed by atoms with Gasteiger partial charge >= 0.3 is 0 Å². The van der Waals surface area contributed by atoms with Crippen LogP contribution in [-0.4, -0.2) is 21.1 Å². The van der Waals surface area contributed by atoms with Crippen molar-refractivity contribution in [3.63, 3.8) is 0 Å². The van der Waals surface area contributed by atoms with Gasteiger partial charge in [-0.2, -0.15) is 0 Å². The Balaban J connectivity index is 1.69. The van der Waals surface area contributed by atoms with Gasteiger partial charge in [0.2, 0.25) is 0 Å². The highest BCUT2D eigenvalue weighted by Gasteiger charge is 2.37. The van der Waals surface area contributed by atoms with Crippen LogP contribution in [0.2, 0.25) is 0 Å². The number of carbonyl (C=O) groups excluding carboxylic acids is 1. The van der Waals surface area contributed by atoms with E-state index in [-0.39, 0.29) is 17.2 Å². The molecule has 3 aromatic carbocycles. The van der Waals surface area contributed by atoms with Crippen LogP contribution >= 0.6 is 0 Å². The van der Waals surface area contributed by atoms with Gasteiger partial charge in [0.1, 0.15) is 17.2 Å². The van der Waals surface area contributed by atoms with Crippen LogP contribution in [0.25, 0.3) is 11.8 Å². The maximum absolute atomic E-state index is 13.7. The van der Waals surface area contributed by atoms with Crippen molar-refractivity contribution in [2.45, 2.75) is 13.8 Å². The first-order valence-corrected chi connectivity index (χ1v) is 11.1. The topological polar surface area (TPSA) is 59.6 Å². The molecule has 0 aliphatic carbocycles. The Bertz CT molecular complexity index is 1490. The van der Waals surface area contributed by atoms with Crippen LogP contribution in [-0.2, 0) is 11.8 Å². The first kappa shape index (κ1) is 21.4. The summed E-state index contributed by atoms with van der Waals surface area (Å²) >= 11 is 0. The molecule has 5 rings (SSSR count). The molecule has 0 N–H and O–H groups in total. The highest BCUT2D eigenvalue weighted by Crippen LogP contribution is 2.29. The molecule has 4 aromatic rings. The van der Waals surface area contributed by atoms with E-state index in [1.165, 1.54) is 4.90 Å². The molecule has 0 bridgehead atoms. The zero-order chi connectivity index (χ0) is 23.8. The molecule has 1 aromatic heterocycles. The third kappa shape index (κ3) is 3.59. The van der Waals surface area contributed by atoms with Gasteiger partial charge in [0.15, 0.2) is 0 Å². The number of hydrogen-bond donors (Lipinski definition) is 0. The lowest BCUT2D eigenvalue weighted by Gasteiger charge is -2.17. The van der Waals surface area contributed by atoms with Crippen molar-refractivity contribution >= 4 is 23.5 Å². The molecule has 6 heteroatoms. The number of rotatable bonds is 4. The lowest BCUT2D eigenvalue weighted by atomic mass is 10.1. The summed E-state index contributed by atoms with van der Waals surface area (Å²) in [7, 11) is 1.82. The van der Waals surface area contributed by atoms with Gasteiger partial charge in [-0.3, -0.25) is 19.2 Å². The zero-order valence-corrected chi connectivity index (χ0v) is 19.3. The van der Waals surface area contributed by atoms with Gasteiger partial charge in [0, 0.05) is 12.6 Å². The van der Waals surface area contributed by atoms with Gasteiger partial charge in [-0.25, -0.2) is 9.67 Å². The summed E-state index contributed by atoms with van der Waals surface area (Å²) in [4.78, 5) is 33.6. The maximum atomic E-state index is 13.7. The third-order valence-corrected chi connectivity index (χ3v) is 6.02.